The van der Waals surface area contributed by atoms with E-state index in [-0.39, 0.29) is 6.04 Å². The van der Waals surface area contributed by atoms with Crippen LogP contribution in [0.25, 0.3) is 0 Å². The van der Waals surface area contributed by atoms with Gasteiger partial charge < -0.3 is 0 Å². The Bertz CT molecular complexity index is 245. The maximum absolute atomic E-state index is 10.5. The molecule has 0 bridgehead atoms. The van der Waals surface area contributed by atoms with Crippen LogP contribution in [0.4, 0.5) is 0 Å². The molecule has 0 aromatic heterocycles. The van der Waals surface area contributed by atoms with E-state index < -0.39 is 10.2 Å². The molecule has 0 spiro atoms. The first kappa shape index (κ1) is 8.70. The number of nitrogens with two attached hydrogens (primary N) is 1. The van der Waals surface area contributed by atoms with Crippen LogP contribution in [-0.2, 0) is 10.2 Å². The van der Waals surface area contributed by atoms with Crippen molar-refractivity contribution in [3.63, 3.8) is 0 Å². The van der Waals surface area contributed by atoms with Crippen LogP contribution in [0.2, 0.25) is 0 Å². The molecule has 0 saturated heterocycles. The lowest BCUT2D eigenvalue weighted by Gasteiger charge is -2.15. The molecule has 1 aliphatic rings. The highest BCUT2D eigenvalue weighted by Crippen LogP contribution is 2.09. The van der Waals surface area contributed by atoms with E-state index in [1.807, 2.05) is 12.2 Å². The molecule has 4 nitrogen and oxygen atoms in total. The van der Waals surface area contributed by atoms with Gasteiger partial charge in [-0.2, -0.15) is 13.1 Å². The fraction of sp³-hybridized carbons (Fsp3) is 0.667. The third-order valence-electron chi connectivity index (χ3n) is 1.57. The molecule has 0 aliphatic heterocycles. The molecule has 0 aromatic carbocycles. The first-order chi connectivity index (χ1) is 5.08. The zero-order valence-electron chi connectivity index (χ0n) is 6.16. The topological polar surface area (TPSA) is 72.2 Å². The Kier molecular flexibility index (Phi) is 2.64. The summed E-state index contributed by atoms with van der Waals surface area (Å²) in [6.07, 6.45) is 6.69. The third-order valence-corrected chi connectivity index (χ3v) is 2.20. The van der Waals surface area contributed by atoms with Gasteiger partial charge in [0.2, 0.25) is 0 Å². The van der Waals surface area contributed by atoms with Crippen molar-refractivity contribution >= 4 is 10.2 Å². The van der Waals surface area contributed by atoms with E-state index in [1.165, 1.54) is 0 Å². The van der Waals surface area contributed by atoms with Gasteiger partial charge in [0.1, 0.15) is 0 Å². The molecule has 1 rings (SSSR count). The van der Waals surface area contributed by atoms with Crippen LogP contribution in [0, 0.1) is 0 Å². The molecule has 64 valence electrons. The summed E-state index contributed by atoms with van der Waals surface area (Å²) in [4.78, 5) is 0. The normalized spacial score (nSPS) is 25.4. The minimum atomic E-state index is -3.52. The summed E-state index contributed by atoms with van der Waals surface area (Å²) < 4.78 is 23.4. The SMILES string of the molecule is NS(=O)(=O)NC1C=CCCC1. The van der Waals surface area contributed by atoms with E-state index >= 15 is 0 Å². The minimum absolute atomic E-state index is 0.0984. The van der Waals surface area contributed by atoms with Crippen LogP contribution in [-0.4, -0.2) is 14.5 Å². The van der Waals surface area contributed by atoms with Crippen LogP contribution in [0.15, 0.2) is 12.2 Å². The molecule has 11 heavy (non-hydrogen) atoms. The Morgan fingerprint density at radius 1 is 1.55 bits per heavy atom. The first-order valence-electron chi connectivity index (χ1n) is 3.54. The van der Waals surface area contributed by atoms with E-state index in [0.717, 1.165) is 19.3 Å². The van der Waals surface area contributed by atoms with Crippen molar-refractivity contribution in [2.24, 2.45) is 5.14 Å². The maximum Gasteiger partial charge on any atom is 0.274 e. The van der Waals surface area contributed by atoms with Gasteiger partial charge >= 0.3 is 0 Å². The Morgan fingerprint density at radius 2 is 2.27 bits per heavy atom. The van der Waals surface area contributed by atoms with E-state index in [4.69, 9.17) is 5.14 Å². The Balaban J connectivity index is 2.49. The monoisotopic (exact) mass is 176 g/mol. The number of rotatable bonds is 2. The first-order valence-corrected chi connectivity index (χ1v) is 5.09. The Hall–Kier alpha value is -0.390. The van der Waals surface area contributed by atoms with Crippen molar-refractivity contribution < 1.29 is 8.42 Å². The van der Waals surface area contributed by atoms with Gasteiger partial charge in [0.05, 0.1) is 0 Å². The molecule has 0 aromatic rings. The average molecular weight is 176 g/mol. The van der Waals surface area contributed by atoms with Crippen molar-refractivity contribution in [2.75, 3.05) is 0 Å². The summed E-state index contributed by atoms with van der Waals surface area (Å²) in [6.45, 7) is 0. The van der Waals surface area contributed by atoms with Crippen molar-refractivity contribution in [3.05, 3.63) is 12.2 Å². The summed E-state index contributed by atoms with van der Waals surface area (Å²) in [6, 6.07) is -0.0984. The van der Waals surface area contributed by atoms with Gasteiger partial charge in [0.25, 0.3) is 10.2 Å². The van der Waals surface area contributed by atoms with Gasteiger partial charge in [0.15, 0.2) is 0 Å². The van der Waals surface area contributed by atoms with E-state index in [9.17, 15) is 8.42 Å². The summed E-state index contributed by atoms with van der Waals surface area (Å²) >= 11 is 0. The highest BCUT2D eigenvalue weighted by atomic mass is 32.2. The fourth-order valence-electron chi connectivity index (χ4n) is 1.12. The van der Waals surface area contributed by atoms with Crippen LogP contribution in [0.3, 0.4) is 0 Å². The second-order valence-electron chi connectivity index (χ2n) is 2.63. The van der Waals surface area contributed by atoms with E-state index in [2.05, 4.69) is 4.72 Å². The lowest BCUT2D eigenvalue weighted by Crippen LogP contribution is -2.38. The number of hydrogen-bond acceptors (Lipinski definition) is 2. The van der Waals surface area contributed by atoms with Crippen LogP contribution in [0.5, 0.6) is 0 Å². The molecule has 1 atom stereocenters. The maximum atomic E-state index is 10.5. The van der Waals surface area contributed by atoms with Gasteiger partial charge in [0, 0.05) is 6.04 Å². The van der Waals surface area contributed by atoms with Gasteiger partial charge in [-0.15, -0.1) is 0 Å². The van der Waals surface area contributed by atoms with E-state index in [1.54, 1.807) is 0 Å². The molecule has 1 aliphatic carbocycles. The van der Waals surface area contributed by atoms with Crippen molar-refractivity contribution in [1.29, 1.82) is 0 Å². The Labute approximate surface area is 66.7 Å². The summed E-state index contributed by atoms with van der Waals surface area (Å²) in [7, 11) is -3.52. The molecule has 5 heteroatoms. The van der Waals surface area contributed by atoms with Crippen LogP contribution in [0.1, 0.15) is 19.3 Å². The van der Waals surface area contributed by atoms with E-state index in [0.29, 0.717) is 0 Å². The summed E-state index contributed by atoms with van der Waals surface area (Å²) in [5.74, 6) is 0. The van der Waals surface area contributed by atoms with Crippen molar-refractivity contribution in [1.82, 2.24) is 4.72 Å². The molecular weight excluding hydrogens is 164 g/mol. The largest absolute Gasteiger partial charge is 0.274 e. The molecule has 0 fully saturated rings. The lowest BCUT2D eigenvalue weighted by atomic mass is 10.0. The number of nitrogens with one attached hydrogen (secondary N) is 1. The second-order valence-corrected chi connectivity index (χ2v) is 3.95. The van der Waals surface area contributed by atoms with Crippen molar-refractivity contribution in [3.8, 4) is 0 Å². The molecule has 0 amide bonds. The summed E-state index contributed by atoms with van der Waals surface area (Å²) in [5, 5.41) is 4.79. The lowest BCUT2D eigenvalue weighted by molar-refractivity contribution is 0.550. The molecular formula is C6H12N2O2S. The second kappa shape index (κ2) is 3.34. The highest BCUT2D eigenvalue weighted by molar-refractivity contribution is 7.87. The van der Waals surface area contributed by atoms with Crippen LogP contribution >= 0.6 is 0 Å². The zero-order valence-corrected chi connectivity index (χ0v) is 6.97. The predicted octanol–water partition coefficient (Wildman–Crippen LogP) is -0.112. The molecule has 3 N–H and O–H groups in total. The molecule has 0 radical (unpaired) electrons. The van der Waals surface area contributed by atoms with Crippen molar-refractivity contribution in [2.45, 2.75) is 25.3 Å². The molecule has 0 heterocycles. The smallest absolute Gasteiger partial charge is 0.216 e. The van der Waals surface area contributed by atoms with Gasteiger partial charge in [-0.1, -0.05) is 12.2 Å². The van der Waals surface area contributed by atoms with Crippen LogP contribution < -0.4 is 9.86 Å². The number of allylic oxidation sites excluding steroid dienone is 1. The average Bonchev–Trinajstić information content (AvgIpc) is 1.85. The van der Waals surface area contributed by atoms with Gasteiger partial charge in [-0.25, -0.2) is 5.14 Å². The molecule has 1 unspecified atom stereocenters. The summed E-state index contributed by atoms with van der Waals surface area (Å²) in [5.41, 5.74) is 0. The zero-order chi connectivity index (χ0) is 8.32. The standard InChI is InChI=1S/C6H12N2O2S/c7-11(9,10)8-6-4-2-1-3-5-6/h2,4,6,8H,1,3,5H2,(H2,7,9,10). The minimum Gasteiger partial charge on any atom is -0.216 e. The van der Waals surface area contributed by atoms with Gasteiger partial charge in [-0.05, 0) is 19.3 Å². The Morgan fingerprint density at radius 3 is 2.73 bits per heavy atom. The quantitative estimate of drug-likeness (QED) is 0.576. The third kappa shape index (κ3) is 3.50. The fourth-order valence-corrected chi connectivity index (χ4v) is 1.74. The number of hydrogen-bond donors (Lipinski definition) is 2. The highest BCUT2D eigenvalue weighted by Gasteiger charge is 2.12. The predicted molar refractivity (Wildman–Crippen MR) is 43.0 cm³/mol. The molecule has 0 saturated carbocycles. The van der Waals surface area contributed by atoms with Gasteiger partial charge in [-0.3, -0.25) is 0 Å².